The van der Waals surface area contributed by atoms with Crippen LogP contribution in [0.2, 0.25) is 0 Å². The number of fused-ring (bicyclic) bond motifs is 1. The van der Waals surface area contributed by atoms with Crippen LogP contribution >= 0.6 is 0 Å². The van der Waals surface area contributed by atoms with Gasteiger partial charge in [0.15, 0.2) is 0 Å². The van der Waals surface area contributed by atoms with Gasteiger partial charge in [-0.25, -0.2) is 9.97 Å². The molecule has 1 atom stereocenters. The summed E-state index contributed by atoms with van der Waals surface area (Å²) >= 11 is 0. The molecule has 0 amide bonds. The van der Waals surface area contributed by atoms with E-state index in [1.54, 1.807) is 0 Å². The molecule has 5 heteroatoms. The average Bonchev–Trinajstić information content (AvgIpc) is 2.90. The maximum atomic E-state index is 5.80. The van der Waals surface area contributed by atoms with Gasteiger partial charge in [0.05, 0.1) is 12.1 Å². The van der Waals surface area contributed by atoms with E-state index in [0.29, 0.717) is 11.7 Å². The number of rotatable bonds is 3. The summed E-state index contributed by atoms with van der Waals surface area (Å²) in [7, 11) is 0. The molecule has 1 aliphatic rings. The normalized spacial score (nSPS) is 19.2. The number of hydrogen-bond acceptors (Lipinski definition) is 5. The molecule has 1 saturated heterocycles. The standard InChI is InChI=1S/C13H16N4O/c14-13-11-2-1-10(5-12(11)16-8-17-13)18-7-9-3-4-15-6-9/h1-2,5,8-9,15H,3-4,6-7H2,(H2,14,16,17). The summed E-state index contributed by atoms with van der Waals surface area (Å²) in [6, 6.07) is 5.74. The van der Waals surface area contributed by atoms with E-state index in [9.17, 15) is 0 Å². The van der Waals surface area contributed by atoms with Crippen LogP contribution in [0.3, 0.4) is 0 Å². The number of nitrogens with one attached hydrogen (secondary N) is 1. The minimum atomic E-state index is 0.506. The van der Waals surface area contributed by atoms with Crippen molar-refractivity contribution < 1.29 is 4.74 Å². The van der Waals surface area contributed by atoms with Crippen LogP contribution in [0.5, 0.6) is 5.75 Å². The van der Waals surface area contributed by atoms with E-state index < -0.39 is 0 Å². The molecule has 0 spiro atoms. The third kappa shape index (κ3) is 2.22. The molecule has 18 heavy (non-hydrogen) atoms. The Bertz CT molecular complexity index is 552. The maximum Gasteiger partial charge on any atom is 0.134 e. The highest BCUT2D eigenvalue weighted by molar-refractivity contribution is 5.88. The second-order valence-electron chi connectivity index (χ2n) is 4.61. The summed E-state index contributed by atoms with van der Waals surface area (Å²) in [4.78, 5) is 8.16. The molecule has 0 radical (unpaired) electrons. The molecule has 2 aromatic rings. The summed E-state index contributed by atoms with van der Waals surface area (Å²) < 4.78 is 5.80. The predicted molar refractivity (Wildman–Crippen MR) is 70.4 cm³/mol. The van der Waals surface area contributed by atoms with E-state index in [1.165, 1.54) is 12.7 Å². The molecule has 3 rings (SSSR count). The Morgan fingerprint density at radius 1 is 1.39 bits per heavy atom. The molecule has 5 nitrogen and oxygen atoms in total. The number of anilines is 1. The zero-order chi connectivity index (χ0) is 12.4. The highest BCUT2D eigenvalue weighted by Gasteiger charge is 2.15. The molecule has 1 aliphatic heterocycles. The Morgan fingerprint density at radius 2 is 2.33 bits per heavy atom. The van der Waals surface area contributed by atoms with Crippen molar-refractivity contribution in [3.63, 3.8) is 0 Å². The molecule has 1 aromatic heterocycles. The van der Waals surface area contributed by atoms with Crippen LogP contribution in [0.25, 0.3) is 10.9 Å². The summed E-state index contributed by atoms with van der Waals surface area (Å²) in [6.45, 7) is 2.89. The van der Waals surface area contributed by atoms with Crippen LogP contribution in [-0.2, 0) is 0 Å². The van der Waals surface area contributed by atoms with Crippen molar-refractivity contribution in [1.29, 1.82) is 0 Å². The maximum absolute atomic E-state index is 5.80. The van der Waals surface area contributed by atoms with Gasteiger partial charge >= 0.3 is 0 Å². The van der Waals surface area contributed by atoms with Gasteiger partial charge in [-0.05, 0) is 25.1 Å². The number of benzene rings is 1. The Balaban J connectivity index is 1.76. The van der Waals surface area contributed by atoms with Gasteiger partial charge in [-0.3, -0.25) is 0 Å². The van der Waals surface area contributed by atoms with Crippen molar-refractivity contribution in [1.82, 2.24) is 15.3 Å². The quantitative estimate of drug-likeness (QED) is 0.848. The first-order valence-corrected chi connectivity index (χ1v) is 6.16. The lowest BCUT2D eigenvalue weighted by molar-refractivity contribution is 0.260. The molecule has 0 bridgehead atoms. The van der Waals surface area contributed by atoms with Crippen molar-refractivity contribution in [2.45, 2.75) is 6.42 Å². The van der Waals surface area contributed by atoms with Gasteiger partial charge in [0.2, 0.25) is 0 Å². The summed E-state index contributed by atoms with van der Waals surface area (Å²) in [6.07, 6.45) is 2.66. The second-order valence-corrected chi connectivity index (χ2v) is 4.61. The van der Waals surface area contributed by atoms with Gasteiger partial charge in [0.1, 0.15) is 17.9 Å². The SMILES string of the molecule is Nc1ncnc2cc(OCC3CCNC3)ccc12. The largest absolute Gasteiger partial charge is 0.493 e. The van der Waals surface area contributed by atoms with Crippen LogP contribution in [0.4, 0.5) is 5.82 Å². The molecule has 1 unspecified atom stereocenters. The number of aromatic nitrogens is 2. The van der Waals surface area contributed by atoms with Crippen LogP contribution in [0.15, 0.2) is 24.5 Å². The highest BCUT2D eigenvalue weighted by Crippen LogP contribution is 2.22. The second kappa shape index (κ2) is 4.78. The number of nitrogen functional groups attached to an aromatic ring is 1. The monoisotopic (exact) mass is 244 g/mol. The molecule has 1 fully saturated rings. The van der Waals surface area contributed by atoms with E-state index in [0.717, 1.165) is 36.3 Å². The molecule has 0 saturated carbocycles. The smallest absolute Gasteiger partial charge is 0.134 e. The first-order chi connectivity index (χ1) is 8.83. The third-order valence-corrected chi connectivity index (χ3v) is 3.29. The van der Waals surface area contributed by atoms with Crippen LogP contribution < -0.4 is 15.8 Å². The van der Waals surface area contributed by atoms with E-state index in [2.05, 4.69) is 15.3 Å². The molecule has 94 valence electrons. The third-order valence-electron chi connectivity index (χ3n) is 3.29. The van der Waals surface area contributed by atoms with Gasteiger partial charge in [-0.2, -0.15) is 0 Å². The molecular weight excluding hydrogens is 228 g/mol. The van der Waals surface area contributed by atoms with Crippen molar-refractivity contribution in [3.8, 4) is 5.75 Å². The van der Waals surface area contributed by atoms with Crippen LogP contribution in [0.1, 0.15) is 6.42 Å². The fraction of sp³-hybridized carbons (Fsp3) is 0.385. The van der Waals surface area contributed by atoms with Crippen molar-refractivity contribution in [3.05, 3.63) is 24.5 Å². The van der Waals surface area contributed by atoms with E-state index in [1.807, 2.05) is 18.2 Å². The Hall–Kier alpha value is -1.88. The Kier molecular flexibility index (Phi) is 2.98. The van der Waals surface area contributed by atoms with Crippen molar-refractivity contribution >= 4 is 16.7 Å². The van der Waals surface area contributed by atoms with E-state index in [-0.39, 0.29) is 0 Å². The summed E-state index contributed by atoms with van der Waals surface area (Å²) in [5.41, 5.74) is 6.60. The van der Waals surface area contributed by atoms with Crippen LogP contribution in [0, 0.1) is 5.92 Å². The number of nitrogens with two attached hydrogens (primary N) is 1. The highest BCUT2D eigenvalue weighted by atomic mass is 16.5. The first-order valence-electron chi connectivity index (χ1n) is 6.16. The molecule has 0 aliphatic carbocycles. The fourth-order valence-corrected chi connectivity index (χ4v) is 2.22. The molecule has 1 aromatic carbocycles. The summed E-state index contributed by atoms with van der Waals surface area (Å²) in [5.74, 6) is 1.95. The van der Waals surface area contributed by atoms with E-state index in [4.69, 9.17) is 10.5 Å². The number of ether oxygens (including phenoxy) is 1. The average molecular weight is 244 g/mol. The van der Waals surface area contributed by atoms with Crippen LogP contribution in [-0.4, -0.2) is 29.7 Å². The Morgan fingerprint density at radius 3 is 3.17 bits per heavy atom. The summed E-state index contributed by atoms with van der Waals surface area (Å²) in [5, 5.41) is 4.20. The van der Waals surface area contributed by atoms with Crippen molar-refractivity contribution in [2.24, 2.45) is 5.92 Å². The number of nitrogens with zero attached hydrogens (tertiary/aromatic N) is 2. The van der Waals surface area contributed by atoms with E-state index >= 15 is 0 Å². The molecule has 3 N–H and O–H groups in total. The number of hydrogen-bond donors (Lipinski definition) is 2. The van der Waals surface area contributed by atoms with Gasteiger partial charge in [-0.1, -0.05) is 0 Å². The lowest BCUT2D eigenvalue weighted by Crippen LogP contribution is -2.15. The van der Waals surface area contributed by atoms with Gasteiger partial charge < -0.3 is 15.8 Å². The van der Waals surface area contributed by atoms with Gasteiger partial charge in [0.25, 0.3) is 0 Å². The van der Waals surface area contributed by atoms with Gasteiger partial charge in [0, 0.05) is 23.9 Å². The molecule has 2 heterocycles. The van der Waals surface area contributed by atoms with Crippen molar-refractivity contribution in [2.75, 3.05) is 25.4 Å². The van der Waals surface area contributed by atoms with Gasteiger partial charge in [-0.15, -0.1) is 0 Å². The minimum Gasteiger partial charge on any atom is -0.493 e. The zero-order valence-electron chi connectivity index (χ0n) is 10.1. The topological polar surface area (TPSA) is 73.1 Å². The fourth-order valence-electron chi connectivity index (χ4n) is 2.22. The molecular formula is C13H16N4O. The minimum absolute atomic E-state index is 0.506. The zero-order valence-corrected chi connectivity index (χ0v) is 10.1. The predicted octanol–water partition coefficient (Wildman–Crippen LogP) is 1.20. The first kappa shape index (κ1) is 11.2. The lowest BCUT2D eigenvalue weighted by atomic mass is 10.1. The Labute approximate surface area is 105 Å². The lowest BCUT2D eigenvalue weighted by Gasteiger charge is -2.11.